The van der Waals surface area contributed by atoms with Gasteiger partial charge in [-0.3, -0.25) is 0 Å². The number of hydrogen-bond donors (Lipinski definition) is 0. The molecule has 0 fully saturated rings. The summed E-state index contributed by atoms with van der Waals surface area (Å²) in [6, 6.07) is 17.9. The first-order chi connectivity index (χ1) is 16.3. The van der Waals surface area contributed by atoms with Gasteiger partial charge in [-0.2, -0.15) is 8.42 Å². The van der Waals surface area contributed by atoms with Gasteiger partial charge in [0.15, 0.2) is 0 Å². The van der Waals surface area contributed by atoms with Crippen LogP contribution in [0.2, 0.25) is 0 Å². The molecule has 4 aromatic rings. The summed E-state index contributed by atoms with van der Waals surface area (Å²) >= 11 is 0. The lowest BCUT2D eigenvalue weighted by molar-refractivity contribution is 0.579. The lowest BCUT2D eigenvalue weighted by Crippen LogP contribution is -2.25. The molecule has 4 aromatic carbocycles. The van der Waals surface area contributed by atoms with Crippen LogP contribution < -0.4 is 9.80 Å². The minimum Gasteiger partial charge on any atom is -0.377 e. The molecule has 0 aliphatic heterocycles. The smallest absolute Gasteiger partial charge is 0.366 e. The second kappa shape index (κ2) is 8.51. The minimum atomic E-state index is -5.78. The molecule has 0 saturated heterocycles. The molecule has 0 aliphatic rings. The second-order valence-corrected chi connectivity index (χ2v) is 17.8. The van der Waals surface area contributed by atoms with Gasteiger partial charge in [-0.25, -0.2) is 16.8 Å². The number of hydrogen-bond acceptors (Lipinski definition) is 8. The van der Waals surface area contributed by atoms with Crippen LogP contribution in [0.25, 0.3) is 21.5 Å². The second-order valence-electron chi connectivity index (χ2n) is 8.36. The van der Waals surface area contributed by atoms with E-state index < -0.39 is 35.4 Å². The van der Waals surface area contributed by atoms with Gasteiger partial charge in [0.2, 0.25) is 0 Å². The molecule has 0 atom stereocenters. The molecule has 8 nitrogen and oxygen atoms in total. The summed E-state index contributed by atoms with van der Waals surface area (Å²) in [5, 5.41) is 1.19. The Kier molecular flexibility index (Phi) is 6.06. The van der Waals surface area contributed by atoms with Gasteiger partial charge < -0.3 is 9.80 Å². The zero-order chi connectivity index (χ0) is 25.8. The van der Waals surface area contributed by atoms with Crippen LogP contribution in [-0.2, 0) is 25.6 Å². The van der Waals surface area contributed by atoms with Crippen LogP contribution in [0.4, 0.5) is 11.4 Å². The van der Waals surface area contributed by atoms with E-state index in [0.717, 1.165) is 12.1 Å². The monoisotopic (exact) mass is 532 g/mol. The van der Waals surface area contributed by atoms with E-state index in [4.69, 9.17) is 0 Å². The molecule has 0 N–H and O–H groups in total. The first kappa shape index (κ1) is 25.0. The Morgan fingerprint density at radius 1 is 0.457 bits per heavy atom. The minimum absolute atomic E-state index is 0.116. The van der Waals surface area contributed by atoms with Crippen molar-refractivity contribution in [1.29, 1.82) is 0 Å². The summed E-state index contributed by atoms with van der Waals surface area (Å²) in [7, 11) is -9.43. The fraction of sp³-hybridized carbons (Fsp3) is 0.167. The third-order valence-corrected chi connectivity index (χ3v) is 16.1. The molecule has 0 aliphatic carbocycles. The summed E-state index contributed by atoms with van der Waals surface area (Å²) in [6.07, 6.45) is 0. The highest BCUT2D eigenvalue weighted by Crippen LogP contribution is 2.37. The third kappa shape index (κ3) is 3.74. The van der Waals surface area contributed by atoms with Crippen LogP contribution in [0.1, 0.15) is 0 Å². The van der Waals surface area contributed by atoms with E-state index in [1.807, 2.05) is 0 Å². The molecule has 35 heavy (non-hydrogen) atoms. The average molecular weight is 533 g/mol. The van der Waals surface area contributed by atoms with Crippen molar-refractivity contribution >= 4 is 58.6 Å². The molecule has 4 rings (SSSR count). The van der Waals surface area contributed by atoms with Crippen molar-refractivity contribution in [2.24, 2.45) is 0 Å². The van der Waals surface area contributed by atoms with E-state index in [9.17, 15) is 25.3 Å². The lowest BCUT2D eigenvalue weighted by atomic mass is 10.1. The molecule has 0 saturated carbocycles. The predicted octanol–water partition coefficient (Wildman–Crippen LogP) is 3.62. The Labute approximate surface area is 204 Å². The van der Waals surface area contributed by atoms with Crippen LogP contribution in [0.5, 0.6) is 0 Å². The van der Waals surface area contributed by atoms with Crippen molar-refractivity contribution in [1.82, 2.24) is 0 Å². The van der Waals surface area contributed by atoms with Gasteiger partial charge in [-0.05, 0) is 24.3 Å². The first-order valence-electron chi connectivity index (χ1n) is 10.5. The van der Waals surface area contributed by atoms with Gasteiger partial charge in [0.05, 0.1) is 9.79 Å². The summed E-state index contributed by atoms with van der Waals surface area (Å²) < 4.78 is 80.8. The Hall–Kier alpha value is -3.15. The highest BCUT2D eigenvalue weighted by Gasteiger charge is 2.46. The van der Waals surface area contributed by atoms with Crippen LogP contribution in [-0.4, -0.2) is 53.4 Å². The Balaban J connectivity index is 1.99. The highest BCUT2D eigenvalue weighted by molar-refractivity contribution is 8.99. The van der Waals surface area contributed by atoms with Crippen LogP contribution in [0, 0.1) is 0 Å². The summed E-state index contributed by atoms with van der Waals surface area (Å²) in [5.41, 5.74) is 1.31. The highest BCUT2D eigenvalue weighted by atomic mass is 33.6. The Morgan fingerprint density at radius 2 is 0.771 bits per heavy atom. The first-order valence-corrected chi connectivity index (χ1v) is 15.9. The SMILES string of the molecule is CN(C)c1cccc2c(S(=O)(=O)S(=O)(=O)S(=O)(=O)c3cccc4c(N(C)C)cccc34)cccc12. The maximum atomic E-state index is 13.5. The maximum absolute atomic E-state index is 13.5. The zero-order valence-electron chi connectivity index (χ0n) is 19.5. The van der Waals surface area contributed by atoms with Crippen molar-refractivity contribution in [3.63, 3.8) is 0 Å². The van der Waals surface area contributed by atoms with E-state index in [2.05, 4.69) is 0 Å². The topological polar surface area (TPSA) is 109 Å². The van der Waals surface area contributed by atoms with Gasteiger partial charge in [-0.15, -0.1) is 0 Å². The zero-order valence-corrected chi connectivity index (χ0v) is 21.9. The normalized spacial score (nSPS) is 12.7. The molecule has 0 spiro atoms. The van der Waals surface area contributed by atoms with Crippen molar-refractivity contribution in [2.75, 3.05) is 38.0 Å². The molecule has 0 heterocycles. The lowest BCUT2D eigenvalue weighted by Gasteiger charge is -2.18. The molecule has 0 radical (unpaired) electrons. The van der Waals surface area contributed by atoms with E-state index in [1.54, 1.807) is 74.4 Å². The van der Waals surface area contributed by atoms with Gasteiger partial charge in [0, 0.05) is 61.1 Å². The van der Waals surface area contributed by atoms with Gasteiger partial charge in [0.25, 0.3) is 17.7 Å². The Morgan fingerprint density at radius 3 is 1.11 bits per heavy atom. The fourth-order valence-electron chi connectivity index (χ4n) is 4.08. The summed E-state index contributed by atoms with van der Waals surface area (Å²) in [4.78, 5) is 2.33. The number of fused-ring (bicyclic) bond motifs is 2. The third-order valence-electron chi connectivity index (χ3n) is 5.76. The predicted molar refractivity (Wildman–Crippen MR) is 140 cm³/mol. The maximum Gasteiger partial charge on any atom is 0.366 e. The fourth-order valence-corrected chi connectivity index (χ4v) is 12.5. The molecule has 0 unspecified atom stereocenters. The standard InChI is InChI=1S/C24H24N2O6S3/c1-25(2)21-13-5-11-19-17(21)9-7-15-23(19)33(27,28)35(31,32)34(29,30)24-16-8-10-18-20(24)12-6-14-22(18)26(3)4/h5-16H,1-4H3. The quantitative estimate of drug-likeness (QED) is 0.347. The average Bonchev–Trinajstić information content (AvgIpc) is 2.81. The van der Waals surface area contributed by atoms with Crippen molar-refractivity contribution in [3.8, 4) is 0 Å². The summed E-state index contributed by atoms with van der Waals surface area (Å²) in [5.74, 6) is 0. The number of anilines is 2. The van der Waals surface area contributed by atoms with Crippen LogP contribution >= 0.6 is 0 Å². The van der Waals surface area contributed by atoms with E-state index in [-0.39, 0.29) is 10.8 Å². The van der Waals surface area contributed by atoms with Crippen molar-refractivity contribution in [2.45, 2.75) is 9.79 Å². The van der Waals surface area contributed by atoms with Crippen molar-refractivity contribution in [3.05, 3.63) is 72.8 Å². The molecular weight excluding hydrogens is 508 g/mol. The number of benzene rings is 4. The van der Waals surface area contributed by atoms with Crippen LogP contribution in [0.3, 0.4) is 0 Å². The summed E-state index contributed by atoms with van der Waals surface area (Å²) in [6.45, 7) is 0. The van der Waals surface area contributed by atoms with E-state index in [1.165, 1.54) is 24.3 Å². The van der Waals surface area contributed by atoms with Gasteiger partial charge >= 0.3 is 7.90 Å². The van der Waals surface area contributed by atoms with Gasteiger partial charge in [-0.1, -0.05) is 48.5 Å². The Bertz CT molecular complexity index is 1670. The molecular formula is C24H24N2O6S3. The molecule has 0 amide bonds. The largest absolute Gasteiger partial charge is 0.377 e. The molecule has 0 aromatic heterocycles. The van der Waals surface area contributed by atoms with Gasteiger partial charge in [0.1, 0.15) is 0 Å². The molecule has 0 bridgehead atoms. The number of rotatable bonds is 6. The van der Waals surface area contributed by atoms with E-state index in [0.29, 0.717) is 22.1 Å². The van der Waals surface area contributed by atoms with E-state index >= 15 is 0 Å². The van der Waals surface area contributed by atoms with Crippen LogP contribution in [0.15, 0.2) is 82.6 Å². The van der Waals surface area contributed by atoms with Crippen molar-refractivity contribution < 1.29 is 25.3 Å². The number of nitrogens with zero attached hydrogens (tertiary/aromatic N) is 2. The molecule has 11 heteroatoms. The molecule has 184 valence electrons.